The summed E-state index contributed by atoms with van der Waals surface area (Å²) >= 11 is 1.49. The Kier molecular flexibility index (Phi) is 6.61. The van der Waals surface area contributed by atoms with Crippen molar-refractivity contribution in [3.63, 3.8) is 0 Å². The minimum absolute atomic E-state index is 0.0775. The van der Waals surface area contributed by atoms with Crippen molar-refractivity contribution in [1.29, 1.82) is 0 Å². The first-order valence-electron chi connectivity index (χ1n) is 11.3. The molecule has 2 aromatic carbocycles. The van der Waals surface area contributed by atoms with Crippen LogP contribution in [0.1, 0.15) is 25.0 Å². The third-order valence-electron chi connectivity index (χ3n) is 5.46. The highest BCUT2D eigenvalue weighted by atomic mass is 32.1. The van der Waals surface area contributed by atoms with Gasteiger partial charge in [0.2, 0.25) is 0 Å². The van der Waals surface area contributed by atoms with Crippen molar-refractivity contribution >= 4 is 44.0 Å². The molecule has 1 unspecified atom stereocenters. The van der Waals surface area contributed by atoms with Crippen molar-refractivity contribution in [2.75, 3.05) is 23.8 Å². The van der Waals surface area contributed by atoms with Crippen LogP contribution in [0.3, 0.4) is 0 Å². The molecule has 1 aliphatic rings. The Morgan fingerprint density at radius 2 is 1.97 bits per heavy atom. The van der Waals surface area contributed by atoms with Crippen LogP contribution in [0.25, 0.3) is 10.3 Å². The fourth-order valence-corrected chi connectivity index (χ4v) is 4.67. The van der Waals surface area contributed by atoms with Crippen LogP contribution in [-0.2, 0) is 16.0 Å². The molecule has 0 saturated carbocycles. The number of hydrogen-bond donors (Lipinski definition) is 3. The number of aromatic nitrogens is 3. The highest BCUT2D eigenvalue weighted by Gasteiger charge is 2.32. The van der Waals surface area contributed by atoms with Gasteiger partial charge in [0, 0.05) is 30.0 Å². The lowest BCUT2D eigenvalue weighted by molar-refractivity contribution is -0.137. The Hall–Kier alpha value is -3.55. The molecule has 0 bridgehead atoms. The largest absolute Gasteiger partial charge is 0.348 e. The second-order valence-corrected chi connectivity index (χ2v) is 9.65. The second kappa shape index (κ2) is 9.98. The van der Waals surface area contributed by atoms with Crippen molar-refractivity contribution in [3.8, 4) is 12.3 Å². The van der Waals surface area contributed by atoms with Crippen LogP contribution in [0.2, 0.25) is 0 Å². The average Bonchev–Trinajstić information content (AvgIpc) is 3.43. The number of nitrogens with zero attached hydrogens (tertiary/aromatic N) is 3. The molecule has 1 fully saturated rings. The molecule has 0 spiro atoms. The lowest BCUT2D eigenvalue weighted by Crippen LogP contribution is -2.30. The maximum absolute atomic E-state index is 5.83. The Balaban J connectivity index is 1.21. The molecule has 0 aliphatic carbocycles. The van der Waals surface area contributed by atoms with Gasteiger partial charge in [-0.2, -0.15) is 4.98 Å². The summed E-state index contributed by atoms with van der Waals surface area (Å²) in [4.78, 5) is 13.3. The summed E-state index contributed by atoms with van der Waals surface area (Å²) in [5.41, 5.74) is 4.43. The van der Waals surface area contributed by atoms with Crippen molar-refractivity contribution in [2.24, 2.45) is 0 Å². The maximum Gasteiger partial charge on any atom is 0.189 e. The molecule has 5 rings (SSSR count). The zero-order valence-corrected chi connectivity index (χ0v) is 20.4. The summed E-state index contributed by atoms with van der Waals surface area (Å²) < 4.78 is 12.3. The third-order valence-corrected chi connectivity index (χ3v) is 6.42. The van der Waals surface area contributed by atoms with Gasteiger partial charge in [-0.25, -0.2) is 9.97 Å². The van der Waals surface area contributed by atoms with Crippen molar-refractivity contribution in [3.05, 3.63) is 66.0 Å². The van der Waals surface area contributed by atoms with E-state index in [2.05, 4.69) is 49.0 Å². The van der Waals surface area contributed by atoms with E-state index in [1.807, 2.05) is 50.2 Å². The summed E-state index contributed by atoms with van der Waals surface area (Å²) in [6, 6.07) is 15.9. The Morgan fingerprint density at radius 3 is 2.74 bits per heavy atom. The van der Waals surface area contributed by atoms with E-state index in [4.69, 9.17) is 15.9 Å². The number of benzene rings is 2. The maximum atomic E-state index is 5.83. The monoisotopic (exact) mass is 486 g/mol. The molecule has 4 aromatic rings. The van der Waals surface area contributed by atoms with Crippen LogP contribution in [0.15, 0.2) is 54.9 Å². The summed E-state index contributed by atoms with van der Waals surface area (Å²) in [6.45, 7) is 6.00. The SMILES string of the molecule is C#Cc1cccc(Nc2ncnc3nc(Nc4ccc(CNCC5COC(C)(C)O5)cc4)sc23)c1. The number of hydrogen-bond acceptors (Lipinski definition) is 9. The minimum Gasteiger partial charge on any atom is -0.348 e. The van der Waals surface area contributed by atoms with E-state index in [9.17, 15) is 0 Å². The molecule has 1 aliphatic heterocycles. The van der Waals surface area contributed by atoms with Crippen molar-refractivity contribution in [1.82, 2.24) is 20.3 Å². The third kappa shape index (κ3) is 5.75. The fraction of sp³-hybridized carbons (Fsp3) is 0.269. The van der Waals surface area contributed by atoms with Crippen LogP contribution in [0, 0.1) is 12.3 Å². The number of anilines is 4. The number of fused-ring (bicyclic) bond motifs is 1. The normalized spacial score (nSPS) is 16.8. The molecule has 3 N–H and O–H groups in total. The molecule has 8 nitrogen and oxygen atoms in total. The number of nitrogens with one attached hydrogen (secondary N) is 3. The first-order chi connectivity index (χ1) is 17.0. The van der Waals surface area contributed by atoms with Crippen molar-refractivity contribution < 1.29 is 9.47 Å². The summed E-state index contributed by atoms with van der Waals surface area (Å²) in [6.07, 6.45) is 7.10. The highest BCUT2D eigenvalue weighted by Crippen LogP contribution is 2.32. The van der Waals surface area contributed by atoms with Gasteiger partial charge in [0.25, 0.3) is 0 Å². The molecule has 3 heterocycles. The number of rotatable bonds is 8. The number of thiazole rings is 1. The van der Waals surface area contributed by atoms with Gasteiger partial charge in [-0.05, 0) is 49.7 Å². The Labute approximate surface area is 208 Å². The van der Waals surface area contributed by atoms with Gasteiger partial charge in [0.1, 0.15) is 11.0 Å². The van der Waals surface area contributed by atoms with Crippen molar-refractivity contribution in [2.45, 2.75) is 32.3 Å². The van der Waals surface area contributed by atoms with Gasteiger partial charge in [0.15, 0.2) is 22.4 Å². The fourth-order valence-electron chi connectivity index (χ4n) is 3.79. The molecule has 0 radical (unpaired) electrons. The summed E-state index contributed by atoms with van der Waals surface area (Å²) in [5.74, 6) is 2.85. The topological polar surface area (TPSA) is 93.2 Å². The number of ether oxygens (including phenoxy) is 2. The van der Waals surface area contributed by atoms with Gasteiger partial charge < -0.3 is 25.4 Å². The molecule has 1 atom stereocenters. The molecule has 35 heavy (non-hydrogen) atoms. The Morgan fingerprint density at radius 1 is 1.11 bits per heavy atom. The van der Waals surface area contributed by atoms with Gasteiger partial charge in [-0.3, -0.25) is 0 Å². The van der Waals surface area contributed by atoms with Crippen LogP contribution in [0.4, 0.5) is 22.3 Å². The molecule has 1 saturated heterocycles. The van der Waals surface area contributed by atoms with E-state index < -0.39 is 5.79 Å². The molecule has 9 heteroatoms. The lowest BCUT2D eigenvalue weighted by atomic mass is 10.2. The first kappa shape index (κ1) is 23.2. The van der Waals surface area contributed by atoms with Crippen LogP contribution in [0.5, 0.6) is 0 Å². The quantitative estimate of drug-likeness (QED) is 0.306. The molecular formula is C26H26N6O2S. The number of terminal acetylenes is 1. The molecule has 178 valence electrons. The predicted octanol–water partition coefficient (Wildman–Crippen LogP) is 4.80. The molecular weight excluding hydrogens is 460 g/mol. The molecule has 2 aromatic heterocycles. The van der Waals surface area contributed by atoms with E-state index in [1.54, 1.807) is 0 Å². The second-order valence-electron chi connectivity index (χ2n) is 8.65. The zero-order valence-electron chi connectivity index (χ0n) is 19.5. The zero-order chi connectivity index (χ0) is 24.3. The van der Waals surface area contributed by atoms with E-state index in [1.165, 1.54) is 23.2 Å². The van der Waals surface area contributed by atoms with E-state index in [0.29, 0.717) is 18.1 Å². The van der Waals surface area contributed by atoms with Crippen LogP contribution < -0.4 is 16.0 Å². The van der Waals surface area contributed by atoms with E-state index in [-0.39, 0.29) is 6.10 Å². The van der Waals surface area contributed by atoms with Crippen LogP contribution in [-0.4, -0.2) is 40.0 Å². The van der Waals surface area contributed by atoms with E-state index >= 15 is 0 Å². The predicted molar refractivity (Wildman–Crippen MR) is 139 cm³/mol. The Bertz CT molecular complexity index is 1360. The van der Waals surface area contributed by atoms with Gasteiger partial charge in [-0.15, -0.1) is 6.42 Å². The van der Waals surface area contributed by atoms with Crippen LogP contribution >= 0.6 is 11.3 Å². The van der Waals surface area contributed by atoms with Gasteiger partial charge in [0.05, 0.1) is 12.7 Å². The smallest absolute Gasteiger partial charge is 0.189 e. The minimum atomic E-state index is -0.490. The molecule has 0 amide bonds. The summed E-state index contributed by atoms with van der Waals surface area (Å²) in [5, 5.41) is 10.9. The first-order valence-corrected chi connectivity index (χ1v) is 12.1. The lowest BCUT2D eigenvalue weighted by Gasteiger charge is -2.17. The summed E-state index contributed by atoms with van der Waals surface area (Å²) in [7, 11) is 0. The average molecular weight is 487 g/mol. The van der Waals surface area contributed by atoms with E-state index in [0.717, 1.165) is 39.9 Å². The van der Waals surface area contributed by atoms with Gasteiger partial charge >= 0.3 is 0 Å². The van der Waals surface area contributed by atoms with Gasteiger partial charge in [-0.1, -0.05) is 35.5 Å². The standard InChI is InChI=1S/C26H26N6O2S/c1-4-17-6-5-7-20(12-17)30-23-22-24(29-16-28-23)32-25(35-22)31-19-10-8-18(9-11-19)13-27-14-21-15-33-26(2,3)34-21/h1,5-12,16,21,27H,13-15H2,2-3H3,(H2,28,29,30,31,32). The highest BCUT2D eigenvalue weighted by molar-refractivity contribution is 7.22.